The van der Waals surface area contributed by atoms with Gasteiger partial charge in [-0.25, -0.2) is 0 Å². The Kier molecular flexibility index (Phi) is 6.38. The largest absolute Gasteiger partial charge is 0.493 e. The zero-order valence-corrected chi connectivity index (χ0v) is 11.3. The Balaban J connectivity index is 2.88. The van der Waals surface area contributed by atoms with Crippen molar-refractivity contribution in [3.8, 4) is 5.75 Å². The molecule has 19 heavy (non-hydrogen) atoms. The molecule has 0 fully saturated rings. The second kappa shape index (κ2) is 8.10. The van der Waals surface area contributed by atoms with Crippen molar-refractivity contribution >= 4 is 12.2 Å². The number of guanidine groups is 1. The highest BCUT2D eigenvalue weighted by Gasteiger charge is 2.04. The van der Waals surface area contributed by atoms with Crippen LogP contribution in [0.15, 0.2) is 28.4 Å². The van der Waals surface area contributed by atoms with Gasteiger partial charge in [-0.1, -0.05) is 6.92 Å². The van der Waals surface area contributed by atoms with Gasteiger partial charge in [0.15, 0.2) is 0 Å². The van der Waals surface area contributed by atoms with Crippen molar-refractivity contribution in [1.29, 1.82) is 0 Å². The molecule has 0 saturated heterocycles. The minimum atomic E-state index is -0.0729. The third kappa shape index (κ3) is 5.39. The summed E-state index contributed by atoms with van der Waals surface area (Å²) in [5, 5.41) is 7.31. The average Bonchev–Trinajstić information content (AvgIpc) is 2.38. The molecule has 1 rings (SSSR count). The van der Waals surface area contributed by atoms with Gasteiger partial charge in [-0.05, 0) is 30.2 Å². The molecule has 6 nitrogen and oxygen atoms in total. The summed E-state index contributed by atoms with van der Waals surface area (Å²) >= 11 is 0. The van der Waals surface area contributed by atoms with E-state index in [1.165, 1.54) is 0 Å². The highest BCUT2D eigenvalue weighted by molar-refractivity contribution is 5.82. The Morgan fingerprint density at radius 3 is 2.79 bits per heavy atom. The number of nitrogens with two attached hydrogens (primary N) is 2. The van der Waals surface area contributed by atoms with Crippen molar-refractivity contribution in [2.24, 2.45) is 21.7 Å². The smallest absolute Gasteiger partial charge is 0.211 e. The van der Waals surface area contributed by atoms with Crippen LogP contribution in [0.5, 0.6) is 5.75 Å². The van der Waals surface area contributed by atoms with E-state index in [9.17, 15) is 0 Å². The molecule has 0 heterocycles. The van der Waals surface area contributed by atoms with Crippen molar-refractivity contribution in [3.05, 3.63) is 29.3 Å². The third-order valence-corrected chi connectivity index (χ3v) is 2.23. The molecule has 0 bridgehead atoms. The monoisotopic (exact) mass is 264 g/mol. The van der Waals surface area contributed by atoms with E-state index in [-0.39, 0.29) is 5.96 Å². The molecular formula is C13H20N4O2. The number of nitrogens with zero attached hydrogens (tertiary/aromatic N) is 2. The van der Waals surface area contributed by atoms with E-state index >= 15 is 0 Å². The van der Waals surface area contributed by atoms with Crippen LogP contribution in [0.1, 0.15) is 24.5 Å². The van der Waals surface area contributed by atoms with Crippen molar-refractivity contribution in [3.63, 3.8) is 0 Å². The Morgan fingerprint density at radius 2 is 2.16 bits per heavy atom. The van der Waals surface area contributed by atoms with Gasteiger partial charge in [-0.2, -0.15) is 5.10 Å². The van der Waals surface area contributed by atoms with Crippen LogP contribution in [0.4, 0.5) is 0 Å². The fourth-order valence-electron chi connectivity index (χ4n) is 1.46. The number of hydrogen-bond acceptors (Lipinski definition) is 4. The number of ether oxygens (including phenoxy) is 2. The van der Waals surface area contributed by atoms with Crippen molar-refractivity contribution in [2.45, 2.75) is 20.0 Å². The number of rotatable bonds is 7. The molecule has 1 aromatic rings. The molecule has 1 aromatic carbocycles. The number of methoxy groups -OCH3 is 1. The molecule has 0 radical (unpaired) electrons. The maximum absolute atomic E-state index is 5.64. The van der Waals surface area contributed by atoms with E-state index in [0.29, 0.717) is 13.2 Å². The van der Waals surface area contributed by atoms with Gasteiger partial charge < -0.3 is 20.9 Å². The number of benzene rings is 1. The first-order valence-electron chi connectivity index (χ1n) is 6.04. The van der Waals surface area contributed by atoms with Crippen LogP contribution in [0.2, 0.25) is 0 Å². The number of hydrogen-bond donors (Lipinski definition) is 2. The van der Waals surface area contributed by atoms with Gasteiger partial charge >= 0.3 is 0 Å². The first kappa shape index (κ1) is 15.0. The average molecular weight is 264 g/mol. The Morgan fingerprint density at radius 1 is 1.37 bits per heavy atom. The first-order chi connectivity index (χ1) is 9.17. The van der Waals surface area contributed by atoms with E-state index in [1.807, 2.05) is 18.2 Å². The zero-order valence-electron chi connectivity index (χ0n) is 11.3. The van der Waals surface area contributed by atoms with E-state index < -0.39 is 0 Å². The van der Waals surface area contributed by atoms with Crippen LogP contribution in [0, 0.1) is 0 Å². The predicted octanol–water partition coefficient (Wildman–Crippen LogP) is 1.23. The lowest BCUT2D eigenvalue weighted by Gasteiger charge is -2.10. The Labute approximate surface area is 113 Å². The summed E-state index contributed by atoms with van der Waals surface area (Å²) in [5.41, 5.74) is 12.2. The first-order valence-corrected chi connectivity index (χ1v) is 6.04. The fraction of sp³-hybridized carbons (Fsp3) is 0.385. The molecule has 0 aliphatic rings. The van der Waals surface area contributed by atoms with E-state index in [2.05, 4.69) is 17.1 Å². The molecule has 0 amide bonds. The van der Waals surface area contributed by atoms with E-state index in [4.69, 9.17) is 20.9 Å². The third-order valence-electron chi connectivity index (χ3n) is 2.23. The van der Waals surface area contributed by atoms with Crippen LogP contribution >= 0.6 is 0 Å². The van der Waals surface area contributed by atoms with Gasteiger partial charge in [0.25, 0.3) is 0 Å². The van der Waals surface area contributed by atoms with Crippen molar-refractivity contribution in [1.82, 2.24) is 0 Å². The molecule has 4 N–H and O–H groups in total. The highest BCUT2D eigenvalue weighted by atomic mass is 16.5. The maximum Gasteiger partial charge on any atom is 0.211 e. The summed E-state index contributed by atoms with van der Waals surface area (Å²) in [6, 6.07) is 5.71. The Hall–Kier alpha value is -2.08. The maximum atomic E-state index is 5.64. The molecule has 0 atom stereocenters. The van der Waals surface area contributed by atoms with Crippen LogP contribution in [0.3, 0.4) is 0 Å². The van der Waals surface area contributed by atoms with Crippen LogP contribution < -0.4 is 16.2 Å². The molecule has 6 heteroatoms. The molecule has 0 aliphatic heterocycles. The second-order valence-electron chi connectivity index (χ2n) is 3.92. The van der Waals surface area contributed by atoms with Gasteiger partial charge in [0.1, 0.15) is 5.75 Å². The molecular weight excluding hydrogens is 244 g/mol. The van der Waals surface area contributed by atoms with Crippen LogP contribution in [0.25, 0.3) is 0 Å². The predicted molar refractivity (Wildman–Crippen MR) is 76.3 cm³/mol. The summed E-state index contributed by atoms with van der Waals surface area (Å²) in [7, 11) is 1.64. The molecule has 0 aromatic heterocycles. The van der Waals surface area contributed by atoms with Gasteiger partial charge in [0.05, 0.1) is 19.4 Å². The molecule has 104 valence electrons. The van der Waals surface area contributed by atoms with E-state index in [1.54, 1.807) is 13.3 Å². The lowest BCUT2D eigenvalue weighted by Crippen LogP contribution is -2.21. The molecule has 0 spiro atoms. The van der Waals surface area contributed by atoms with Crippen molar-refractivity contribution < 1.29 is 9.47 Å². The Bertz CT molecular complexity index is 454. The topological polar surface area (TPSA) is 95.2 Å². The summed E-state index contributed by atoms with van der Waals surface area (Å²) < 4.78 is 10.8. The quantitative estimate of drug-likeness (QED) is 0.440. The summed E-state index contributed by atoms with van der Waals surface area (Å²) in [5.74, 6) is 0.749. The normalized spacial score (nSPS) is 10.6. The lowest BCUT2D eigenvalue weighted by atomic mass is 10.1. The summed E-state index contributed by atoms with van der Waals surface area (Å²) in [4.78, 5) is 0. The van der Waals surface area contributed by atoms with Crippen molar-refractivity contribution in [2.75, 3.05) is 13.7 Å². The van der Waals surface area contributed by atoms with Gasteiger partial charge in [0.2, 0.25) is 5.96 Å². The summed E-state index contributed by atoms with van der Waals surface area (Å²) in [6.45, 7) is 3.22. The molecule has 0 saturated carbocycles. The highest BCUT2D eigenvalue weighted by Crippen LogP contribution is 2.20. The lowest BCUT2D eigenvalue weighted by molar-refractivity contribution is 0.179. The minimum Gasteiger partial charge on any atom is -0.493 e. The van der Waals surface area contributed by atoms with Gasteiger partial charge in [0, 0.05) is 12.7 Å². The summed E-state index contributed by atoms with van der Waals surface area (Å²) in [6.07, 6.45) is 2.53. The van der Waals surface area contributed by atoms with Crippen LogP contribution in [-0.4, -0.2) is 25.9 Å². The second-order valence-corrected chi connectivity index (χ2v) is 3.92. The minimum absolute atomic E-state index is 0.0729. The molecule has 0 aliphatic carbocycles. The van der Waals surface area contributed by atoms with Gasteiger partial charge in [-0.3, -0.25) is 0 Å². The zero-order chi connectivity index (χ0) is 14.1. The van der Waals surface area contributed by atoms with Crippen LogP contribution in [-0.2, 0) is 11.3 Å². The fourth-order valence-corrected chi connectivity index (χ4v) is 1.46. The van der Waals surface area contributed by atoms with E-state index in [0.717, 1.165) is 23.3 Å². The SMILES string of the molecule is CCCOc1ccc(C=NN=C(N)N)cc1COC. The van der Waals surface area contributed by atoms with Gasteiger partial charge in [-0.15, -0.1) is 5.10 Å². The molecule has 0 unspecified atom stereocenters. The standard InChI is InChI=1S/C13H20N4O2/c1-3-6-19-12-5-4-10(7-11(12)9-18-2)8-16-17-13(14)15/h4-5,7-8H,3,6,9H2,1-2H3,(H4,14,15,17).